The van der Waals surface area contributed by atoms with Crippen LogP contribution in [0.3, 0.4) is 0 Å². The first kappa shape index (κ1) is 33.1. The van der Waals surface area contributed by atoms with Crippen molar-refractivity contribution < 1.29 is 41.6 Å². The number of ether oxygens (including phenoxy) is 2. The molecule has 1 unspecified atom stereocenters. The van der Waals surface area contributed by atoms with Crippen molar-refractivity contribution in [2.24, 2.45) is 0 Å². The number of anilines is 1. The zero-order valence-electron chi connectivity index (χ0n) is 23.0. The third kappa shape index (κ3) is 7.14. The summed E-state index contributed by atoms with van der Waals surface area (Å²) in [6, 6.07) is 11.1. The lowest BCUT2D eigenvalue weighted by atomic mass is 9.97. The van der Waals surface area contributed by atoms with Crippen LogP contribution < -0.4 is 21.0 Å². The Hall–Kier alpha value is -2.78. The fraction of sp³-hybridized carbons (Fsp3) is 0.423. The Kier molecular flexibility index (Phi) is 10.1. The lowest BCUT2D eigenvalue weighted by Gasteiger charge is -2.34. The van der Waals surface area contributed by atoms with E-state index in [0.717, 1.165) is 17.0 Å². The van der Waals surface area contributed by atoms with Gasteiger partial charge in [-0.3, -0.25) is 9.36 Å². The van der Waals surface area contributed by atoms with Gasteiger partial charge in [-0.1, -0.05) is 41.9 Å². The predicted octanol–water partition coefficient (Wildman–Crippen LogP) is 4.11. The number of carbonyl (C=O) groups is 1. The van der Waals surface area contributed by atoms with Crippen molar-refractivity contribution >= 4 is 52.6 Å². The molecule has 1 fully saturated rings. The second-order valence-corrected chi connectivity index (χ2v) is 13.6. The molecule has 2 aromatic carbocycles. The Labute approximate surface area is 254 Å². The number of hydrogen-bond donors (Lipinski definition) is 3. The molecule has 1 aromatic heterocycles. The summed E-state index contributed by atoms with van der Waals surface area (Å²) in [6.45, 7) is -0.496. The van der Waals surface area contributed by atoms with Crippen LogP contribution >= 0.6 is 18.2 Å². The van der Waals surface area contributed by atoms with Gasteiger partial charge in [0.05, 0.1) is 17.7 Å². The highest BCUT2D eigenvalue weighted by atomic mass is 35.5. The Bertz CT molecular complexity index is 1600. The average molecular weight is 665 g/mol. The van der Waals surface area contributed by atoms with E-state index in [-0.39, 0.29) is 16.6 Å². The molecule has 0 radical (unpaired) electrons. The zero-order valence-corrected chi connectivity index (χ0v) is 25.5. The van der Waals surface area contributed by atoms with Gasteiger partial charge in [0, 0.05) is 6.20 Å². The molecule has 2 heterocycles. The van der Waals surface area contributed by atoms with Crippen LogP contribution in [0.25, 0.3) is 10.8 Å². The lowest BCUT2D eigenvalue weighted by molar-refractivity contribution is -0.192. The molecule has 0 amide bonds. The molecular formula is C26H29ClF3N4O7PS. The molecule has 0 aliphatic carbocycles. The number of carbonyl (C=O) groups excluding carboxylic acids is 1. The maximum absolute atomic E-state index is 15.3. The molecule has 0 saturated carbocycles. The number of alkyl halides is 3. The second-order valence-electron chi connectivity index (χ2n) is 10.0. The number of rotatable bonds is 11. The number of nitrogens with zero attached hydrogens (tertiary/aromatic N) is 2. The minimum atomic E-state index is -3.95. The summed E-state index contributed by atoms with van der Waals surface area (Å²) in [7, 11) is 0. The third-order valence-electron chi connectivity index (χ3n) is 6.46. The van der Waals surface area contributed by atoms with Gasteiger partial charge in [-0.15, -0.1) is 0 Å². The standard InChI is InChI=1S/C26H29ClF3N4O7PS/c1-13(2)39-23(36)14(3)33-42(43,41-17-9-8-15-6-4-5-7-16(15)10-17)38-12-26(24(29)30)20(35)19(28)22(40-26)34-11-18(27)21(31)32-25(34)37/h4-11,13-14,19-20,22,24,35H,12H2,1-3H3,(H,33,43)(H2,31,32,37)/t14-,19-,20-,22+,26+,42?/m0/s1. The fourth-order valence-corrected chi connectivity index (χ4v) is 6.82. The van der Waals surface area contributed by atoms with Crippen LogP contribution in [0.2, 0.25) is 5.02 Å². The van der Waals surface area contributed by atoms with E-state index in [9.17, 15) is 23.5 Å². The average Bonchev–Trinajstić information content (AvgIpc) is 3.19. The number of nitrogen functional groups attached to an aromatic ring is 1. The summed E-state index contributed by atoms with van der Waals surface area (Å²) >= 11 is 11.5. The van der Waals surface area contributed by atoms with Crippen molar-refractivity contribution in [1.29, 1.82) is 0 Å². The van der Waals surface area contributed by atoms with Gasteiger partial charge in [-0.25, -0.2) is 23.1 Å². The highest BCUT2D eigenvalue weighted by molar-refractivity contribution is 8.09. The van der Waals surface area contributed by atoms with Crippen molar-refractivity contribution in [2.75, 3.05) is 12.3 Å². The molecule has 1 aliphatic heterocycles. The second kappa shape index (κ2) is 13.1. The van der Waals surface area contributed by atoms with E-state index in [1.54, 1.807) is 44.2 Å². The lowest BCUT2D eigenvalue weighted by Crippen LogP contribution is -2.52. The Morgan fingerprint density at radius 1 is 1.28 bits per heavy atom. The predicted molar refractivity (Wildman–Crippen MR) is 156 cm³/mol. The van der Waals surface area contributed by atoms with Crippen LogP contribution in [0.5, 0.6) is 5.75 Å². The number of nitrogens with two attached hydrogens (primary N) is 1. The van der Waals surface area contributed by atoms with E-state index in [1.165, 1.54) is 6.92 Å². The van der Waals surface area contributed by atoms with E-state index in [2.05, 4.69) is 10.1 Å². The largest absolute Gasteiger partial charge is 0.462 e. The van der Waals surface area contributed by atoms with E-state index < -0.39 is 67.6 Å². The number of benzene rings is 2. The van der Waals surface area contributed by atoms with Crippen LogP contribution in [0, 0.1) is 0 Å². The number of nitrogens with one attached hydrogen (secondary N) is 1. The first-order valence-electron chi connectivity index (χ1n) is 12.9. The number of esters is 1. The molecule has 1 aliphatic rings. The van der Waals surface area contributed by atoms with Gasteiger partial charge in [-0.05, 0) is 55.5 Å². The molecule has 0 spiro atoms. The van der Waals surface area contributed by atoms with Crippen molar-refractivity contribution in [3.8, 4) is 5.75 Å². The number of aromatic nitrogens is 2. The van der Waals surface area contributed by atoms with Crippen LogP contribution in [0.15, 0.2) is 53.5 Å². The summed E-state index contributed by atoms with van der Waals surface area (Å²) in [4.78, 5) is 28.3. The van der Waals surface area contributed by atoms with E-state index in [1.807, 2.05) is 12.1 Å². The van der Waals surface area contributed by atoms with Gasteiger partial charge in [0.1, 0.15) is 23.7 Å². The van der Waals surface area contributed by atoms with Gasteiger partial charge >= 0.3 is 18.3 Å². The number of aliphatic hydroxyl groups is 1. The number of hydrogen-bond acceptors (Lipinski definition) is 10. The maximum Gasteiger partial charge on any atom is 0.351 e. The van der Waals surface area contributed by atoms with E-state index in [4.69, 9.17) is 47.7 Å². The van der Waals surface area contributed by atoms with Crippen LogP contribution in [-0.2, 0) is 30.6 Å². The van der Waals surface area contributed by atoms with Gasteiger partial charge in [0.2, 0.25) is 0 Å². The summed E-state index contributed by atoms with van der Waals surface area (Å²) < 4.78 is 67.3. The molecule has 6 atom stereocenters. The molecule has 11 nitrogen and oxygen atoms in total. The number of halogens is 4. The van der Waals surface area contributed by atoms with Crippen molar-refractivity contribution in [3.05, 3.63) is 64.2 Å². The molecule has 3 aromatic rings. The van der Waals surface area contributed by atoms with Crippen LogP contribution in [-0.4, -0.2) is 63.7 Å². The highest BCUT2D eigenvalue weighted by Gasteiger charge is 2.62. The molecule has 4 rings (SSSR count). The highest BCUT2D eigenvalue weighted by Crippen LogP contribution is 2.50. The number of aliphatic hydroxyl groups excluding tert-OH is 1. The zero-order chi connectivity index (χ0) is 31.7. The number of fused-ring (bicyclic) bond motifs is 1. The summed E-state index contributed by atoms with van der Waals surface area (Å²) in [5, 5.41) is 14.7. The van der Waals surface area contributed by atoms with Gasteiger partial charge < -0.3 is 29.4 Å². The molecular weight excluding hydrogens is 636 g/mol. The monoisotopic (exact) mass is 664 g/mol. The van der Waals surface area contributed by atoms with Gasteiger partial charge in [0.25, 0.3) is 6.43 Å². The van der Waals surface area contributed by atoms with Crippen molar-refractivity contribution in [3.63, 3.8) is 0 Å². The summed E-state index contributed by atoms with van der Waals surface area (Å²) in [5.74, 6) is -0.928. The minimum Gasteiger partial charge on any atom is -0.462 e. The quantitative estimate of drug-likeness (QED) is 0.201. The normalized spacial score (nSPS) is 24.3. The Balaban J connectivity index is 1.66. The summed E-state index contributed by atoms with van der Waals surface area (Å²) in [5.41, 5.74) is 1.30. The fourth-order valence-electron chi connectivity index (χ4n) is 4.26. The maximum atomic E-state index is 15.3. The Morgan fingerprint density at radius 3 is 2.60 bits per heavy atom. The summed E-state index contributed by atoms with van der Waals surface area (Å²) in [6.07, 6.45) is -10.3. The molecule has 234 valence electrons. The first-order chi connectivity index (χ1) is 20.2. The van der Waals surface area contributed by atoms with E-state index in [0.29, 0.717) is 4.57 Å². The topological polar surface area (TPSA) is 147 Å². The molecule has 1 saturated heterocycles. The first-order valence-corrected chi connectivity index (χ1v) is 15.9. The molecule has 43 heavy (non-hydrogen) atoms. The molecule has 4 N–H and O–H groups in total. The minimum absolute atomic E-state index is 0.174. The van der Waals surface area contributed by atoms with Gasteiger partial charge in [-0.2, -0.15) is 4.98 Å². The van der Waals surface area contributed by atoms with Crippen molar-refractivity contribution in [2.45, 2.75) is 63.4 Å². The van der Waals surface area contributed by atoms with E-state index >= 15 is 4.39 Å². The van der Waals surface area contributed by atoms with Crippen LogP contribution in [0.1, 0.15) is 27.0 Å². The molecule has 17 heteroatoms. The van der Waals surface area contributed by atoms with Crippen LogP contribution in [0.4, 0.5) is 19.0 Å². The molecule has 0 bridgehead atoms. The Morgan fingerprint density at radius 2 is 1.95 bits per heavy atom. The smallest absolute Gasteiger partial charge is 0.351 e. The van der Waals surface area contributed by atoms with Crippen molar-refractivity contribution in [1.82, 2.24) is 14.6 Å². The van der Waals surface area contributed by atoms with Gasteiger partial charge in [0.15, 0.2) is 18.0 Å². The SMILES string of the molecule is CC(C)OC(=O)[C@H](C)NP(=S)(OC[C@@]1(C(F)F)O[C@@H](n2cc(Cl)c(N)nc2=O)[C@@H](F)[C@@H]1O)Oc1ccc2ccccc2c1. The third-order valence-corrected chi connectivity index (χ3v) is 9.23.